The summed E-state index contributed by atoms with van der Waals surface area (Å²) >= 11 is 0. The van der Waals surface area contributed by atoms with Crippen molar-refractivity contribution in [2.24, 2.45) is 4.99 Å². The zero-order chi connectivity index (χ0) is 15.5. The van der Waals surface area contributed by atoms with Crippen LogP contribution in [-0.4, -0.2) is 25.7 Å². The lowest BCUT2D eigenvalue weighted by molar-refractivity contribution is -0.137. The van der Waals surface area contributed by atoms with Crippen LogP contribution < -0.4 is 10.6 Å². The highest BCUT2D eigenvalue weighted by Gasteiger charge is 2.31. The Kier molecular flexibility index (Phi) is 4.35. The van der Waals surface area contributed by atoms with Gasteiger partial charge in [-0.1, -0.05) is 12.1 Å². The average Bonchev–Trinajstić information content (AvgIpc) is 2.46. The molecule has 5 nitrogen and oxygen atoms in total. The van der Waals surface area contributed by atoms with Crippen molar-refractivity contribution in [3.63, 3.8) is 0 Å². The van der Waals surface area contributed by atoms with Crippen molar-refractivity contribution in [1.29, 1.82) is 0 Å². The number of hydrogen-bond donors (Lipinski definition) is 2. The molecule has 0 radical (unpaired) electrons. The van der Waals surface area contributed by atoms with Gasteiger partial charge in [0, 0.05) is 6.54 Å². The number of amides is 1. The van der Waals surface area contributed by atoms with Crippen LogP contribution in [0.25, 0.3) is 0 Å². The highest BCUT2D eigenvalue weighted by molar-refractivity contribution is 5.94. The van der Waals surface area contributed by atoms with Crippen molar-refractivity contribution >= 4 is 12.1 Å². The lowest BCUT2D eigenvalue weighted by Gasteiger charge is -2.25. The van der Waals surface area contributed by atoms with E-state index in [-0.39, 0.29) is 12.0 Å². The predicted octanol–water partition coefficient (Wildman–Crippen LogP) is 2.45. The average molecular weight is 301 g/mol. The third-order valence-corrected chi connectivity index (χ3v) is 3.02. The third kappa shape index (κ3) is 3.87. The summed E-state index contributed by atoms with van der Waals surface area (Å²) in [5.74, 6) is 0.190. The van der Waals surface area contributed by atoms with Gasteiger partial charge in [0.1, 0.15) is 0 Å². The molecule has 2 rings (SSSR count). The fourth-order valence-corrected chi connectivity index (χ4v) is 1.99. The Morgan fingerprint density at radius 3 is 2.90 bits per heavy atom. The molecule has 0 saturated carbocycles. The Balaban J connectivity index is 2.13. The van der Waals surface area contributed by atoms with Crippen LogP contribution in [-0.2, 0) is 10.9 Å². The molecule has 8 heteroatoms. The first-order valence-electron chi connectivity index (χ1n) is 6.23. The van der Waals surface area contributed by atoms with Gasteiger partial charge in [-0.15, -0.1) is 0 Å². The molecule has 1 unspecified atom stereocenters. The van der Waals surface area contributed by atoms with E-state index in [1.54, 1.807) is 6.07 Å². The Bertz CT molecular complexity index is 558. The topological polar surface area (TPSA) is 62.7 Å². The lowest BCUT2D eigenvalue weighted by Crippen LogP contribution is -2.45. The number of rotatable bonds is 1. The largest absolute Gasteiger partial charge is 0.453 e. The fourth-order valence-electron chi connectivity index (χ4n) is 1.99. The number of benzene rings is 1. The van der Waals surface area contributed by atoms with Crippen LogP contribution in [0.15, 0.2) is 29.3 Å². The maximum absolute atomic E-state index is 12.7. The van der Waals surface area contributed by atoms with Gasteiger partial charge in [-0.2, -0.15) is 13.2 Å². The van der Waals surface area contributed by atoms with Crippen molar-refractivity contribution in [2.45, 2.75) is 18.6 Å². The summed E-state index contributed by atoms with van der Waals surface area (Å²) in [7, 11) is 1.21. The second-order valence-corrected chi connectivity index (χ2v) is 4.46. The van der Waals surface area contributed by atoms with E-state index >= 15 is 0 Å². The van der Waals surface area contributed by atoms with Gasteiger partial charge < -0.3 is 10.1 Å². The SMILES string of the molecule is COC(=O)NC1=NCCC(c2cccc(C(F)(F)F)c2)N1. The maximum Gasteiger partial charge on any atom is 0.416 e. The highest BCUT2D eigenvalue weighted by Crippen LogP contribution is 2.31. The fraction of sp³-hybridized carbons (Fsp3) is 0.385. The predicted molar refractivity (Wildman–Crippen MR) is 69.8 cm³/mol. The van der Waals surface area contributed by atoms with Crippen molar-refractivity contribution < 1.29 is 22.7 Å². The van der Waals surface area contributed by atoms with Gasteiger partial charge in [0.05, 0.1) is 18.7 Å². The molecule has 0 aromatic heterocycles. The number of carbonyl (C=O) groups excluding carboxylic acids is 1. The molecule has 0 aliphatic carbocycles. The van der Waals surface area contributed by atoms with E-state index in [0.717, 1.165) is 12.1 Å². The summed E-state index contributed by atoms with van der Waals surface area (Å²) in [6.07, 6.45) is -4.54. The number of alkyl carbamates (subject to hydrolysis) is 1. The molecule has 1 aromatic carbocycles. The van der Waals surface area contributed by atoms with E-state index in [1.165, 1.54) is 13.2 Å². The Morgan fingerprint density at radius 2 is 2.24 bits per heavy atom. The van der Waals surface area contributed by atoms with E-state index < -0.39 is 17.8 Å². The van der Waals surface area contributed by atoms with E-state index in [0.29, 0.717) is 18.5 Å². The van der Waals surface area contributed by atoms with Crippen molar-refractivity contribution in [1.82, 2.24) is 10.6 Å². The minimum absolute atomic E-state index is 0.190. The van der Waals surface area contributed by atoms with Crippen LogP contribution in [0.1, 0.15) is 23.6 Å². The third-order valence-electron chi connectivity index (χ3n) is 3.02. The smallest absolute Gasteiger partial charge is 0.416 e. The molecular formula is C13H14F3N3O2. The van der Waals surface area contributed by atoms with Gasteiger partial charge in [-0.25, -0.2) is 4.79 Å². The zero-order valence-corrected chi connectivity index (χ0v) is 11.2. The number of alkyl halides is 3. The van der Waals surface area contributed by atoms with Gasteiger partial charge >= 0.3 is 12.3 Å². The Labute approximate surface area is 119 Å². The minimum Gasteiger partial charge on any atom is -0.453 e. The van der Waals surface area contributed by atoms with Gasteiger partial charge in [-0.05, 0) is 24.1 Å². The molecule has 2 N–H and O–H groups in total. The molecule has 1 aromatic rings. The zero-order valence-electron chi connectivity index (χ0n) is 11.2. The summed E-state index contributed by atoms with van der Waals surface area (Å²) in [6, 6.07) is 4.73. The number of nitrogens with zero attached hydrogens (tertiary/aromatic N) is 1. The number of halogens is 3. The summed E-state index contributed by atoms with van der Waals surface area (Å²) in [4.78, 5) is 15.1. The van der Waals surface area contributed by atoms with Crippen molar-refractivity contribution in [3.05, 3.63) is 35.4 Å². The van der Waals surface area contributed by atoms with Crippen LogP contribution in [0, 0.1) is 0 Å². The van der Waals surface area contributed by atoms with Crippen molar-refractivity contribution in [2.75, 3.05) is 13.7 Å². The normalized spacial score (nSPS) is 18.5. The monoisotopic (exact) mass is 301 g/mol. The van der Waals surface area contributed by atoms with E-state index in [1.807, 2.05) is 0 Å². The summed E-state index contributed by atoms with van der Waals surface area (Å²) < 4.78 is 42.6. The molecule has 0 saturated heterocycles. The van der Waals surface area contributed by atoms with Gasteiger partial charge in [0.25, 0.3) is 0 Å². The second-order valence-electron chi connectivity index (χ2n) is 4.46. The number of aliphatic imine (C=N–C) groups is 1. The van der Waals surface area contributed by atoms with Crippen molar-refractivity contribution in [3.8, 4) is 0 Å². The molecule has 114 valence electrons. The number of nitrogens with one attached hydrogen (secondary N) is 2. The highest BCUT2D eigenvalue weighted by atomic mass is 19.4. The van der Waals surface area contributed by atoms with Gasteiger partial charge in [-0.3, -0.25) is 10.3 Å². The van der Waals surface area contributed by atoms with E-state index in [4.69, 9.17) is 0 Å². The standard InChI is InChI=1S/C13H14F3N3O2/c1-21-12(20)19-11-17-6-5-10(18-11)8-3-2-4-9(7-8)13(14,15)16/h2-4,7,10H,5-6H2,1H3,(H2,17,18,19,20). The number of methoxy groups -OCH3 is 1. The molecular weight excluding hydrogens is 287 g/mol. The minimum atomic E-state index is -4.38. The molecule has 1 aliphatic rings. The van der Waals surface area contributed by atoms with Gasteiger partial charge in [0.15, 0.2) is 0 Å². The lowest BCUT2D eigenvalue weighted by atomic mass is 10.0. The molecule has 0 spiro atoms. The van der Waals surface area contributed by atoms with Crippen LogP contribution in [0.4, 0.5) is 18.0 Å². The Morgan fingerprint density at radius 1 is 1.48 bits per heavy atom. The first-order valence-corrected chi connectivity index (χ1v) is 6.23. The first kappa shape index (κ1) is 15.1. The number of guanidine groups is 1. The van der Waals surface area contributed by atoms with Crippen LogP contribution in [0.3, 0.4) is 0 Å². The van der Waals surface area contributed by atoms with Crippen LogP contribution in [0.2, 0.25) is 0 Å². The molecule has 0 bridgehead atoms. The molecule has 1 heterocycles. The molecule has 0 fully saturated rings. The molecule has 1 atom stereocenters. The quantitative estimate of drug-likeness (QED) is 0.837. The summed E-state index contributed by atoms with van der Waals surface area (Å²) in [5, 5.41) is 5.25. The summed E-state index contributed by atoms with van der Waals surface area (Å²) in [5.41, 5.74) is -0.212. The van der Waals surface area contributed by atoms with Gasteiger partial charge in [0.2, 0.25) is 5.96 Å². The van der Waals surface area contributed by atoms with Crippen LogP contribution in [0.5, 0.6) is 0 Å². The number of hydrogen-bond acceptors (Lipinski definition) is 4. The summed E-state index contributed by atoms with van der Waals surface area (Å²) in [6.45, 7) is 0.396. The maximum atomic E-state index is 12.7. The second kappa shape index (κ2) is 6.02. The molecule has 1 aliphatic heterocycles. The van der Waals surface area contributed by atoms with Crippen LogP contribution >= 0.6 is 0 Å². The molecule has 1 amide bonds. The van der Waals surface area contributed by atoms with E-state index in [9.17, 15) is 18.0 Å². The Hall–Kier alpha value is -2.25. The number of ether oxygens (including phenoxy) is 1. The number of carbonyl (C=O) groups is 1. The molecule has 21 heavy (non-hydrogen) atoms. The first-order chi connectivity index (χ1) is 9.90. The van der Waals surface area contributed by atoms with E-state index in [2.05, 4.69) is 20.4 Å².